The van der Waals surface area contributed by atoms with Crippen LogP contribution in [0.15, 0.2) is 35.2 Å². The lowest BCUT2D eigenvalue weighted by Gasteiger charge is -2.12. The maximum Gasteiger partial charge on any atom is 0.332 e. The fourth-order valence-electron chi connectivity index (χ4n) is 2.13. The molecule has 114 valence electrons. The van der Waals surface area contributed by atoms with Gasteiger partial charge in [0.1, 0.15) is 0 Å². The summed E-state index contributed by atoms with van der Waals surface area (Å²) < 4.78 is 5.33. The largest absolute Gasteiger partial charge is 0.479 e. The highest BCUT2D eigenvalue weighted by molar-refractivity contribution is 7.99. The molecule has 1 saturated heterocycles. The zero-order valence-electron chi connectivity index (χ0n) is 11.7. The number of benzene rings is 1. The van der Waals surface area contributed by atoms with Crippen molar-refractivity contribution in [1.82, 2.24) is 5.32 Å². The molecule has 0 radical (unpaired) electrons. The number of amides is 1. The first kappa shape index (κ1) is 15.9. The van der Waals surface area contributed by atoms with Gasteiger partial charge in [-0.05, 0) is 25.0 Å². The van der Waals surface area contributed by atoms with Crippen molar-refractivity contribution in [2.24, 2.45) is 0 Å². The number of carboxylic acid groups (broad SMARTS) is 1. The van der Waals surface area contributed by atoms with Crippen LogP contribution in [0.25, 0.3) is 0 Å². The topological polar surface area (TPSA) is 75.6 Å². The molecule has 0 aromatic heterocycles. The van der Waals surface area contributed by atoms with Gasteiger partial charge in [0, 0.05) is 23.6 Å². The fraction of sp³-hybridized carbons (Fsp3) is 0.467. The van der Waals surface area contributed by atoms with E-state index >= 15 is 0 Å². The van der Waals surface area contributed by atoms with E-state index < -0.39 is 12.1 Å². The second-order valence-electron chi connectivity index (χ2n) is 4.88. The number of thioether (sulfide) groups is 1. The molecule has 1 aromatic rings. The Balaban J connectivity index is 1.59. The third kappa shape index (κ3) is 5.40. The molecular formula is C15H19NO4S. The first-order chi connectivity index (χ1) is 10.1. The van der Waals surface area contributed by atoms with Crippen molar-refractivity contribution in [3.8, 4) is 0 Å². The van der Waals surface area contributed by atoms with Gasteiger partial charge in [-0.3, -0.25) is 4.79 Å². The summed E-state index contributed by atoms with van der Waals surface area (Å²) in [4.78, 5) is 23.6. The van der Waals surface area contributed by atoms with Crippen LogP contribution in [-0.2, 0) is 14.3 Å². The number of hydrogen-bond donors (Lipinski definition) is 2. The minimum atomic E-state index is -0.928. The van der Waals surface area contributed by atoms with Crippen LogP contribution >= 0.6 is 11.8 Å². The zero-order chi connectivity index (χ0) is 15.1. The van der Waals surface area contributed by atoms with Gasteiger partial charge in [-0.15, -0.1) is 11.8 Å². The van der Waals surface area contributed by atoms with Crippen molar-refractivity contribution < 1.29 is 19.4 Å². The Bertz CT molecular complexity index is 480. The Kier molecular flexibility index (Phi) is 6.07. The number of rotatable bonds is 7. The molecule has 6 heteroatoms. The van der Waals surface area contributed by atoms with Gasteiger partial charge in [-0.2, -0.15) is 0 Å². The zero-order valence-corrected chi connectivity index (χ0v) is 12.5. The molecule has 5 nitrogen and oxygen atoms in total. The summed E-state index contributed by atoms with van der Waals surface area (Å²) in [5, 5.41) is 11.6. The number of aliphatic carboxylic acids is 1. The minimum Gasteiger partial charge on any atom is -0.479 e. The summed E-state index contributed by atoms with van der Waals surface area (Å²) in [5.41, 5.74) is 0. The van der Waals surface area contributed by atoms with E-state index in [4.69, 9.17) is 9.84 Å². The molecule has 0 bridgehead atoms. The van der Waals surface area contributed by atoms with Gasteiger partial charge in [-0.25, -0.2) is 4.79 Å². The molecule has 1 fully saturated rings. The fourth-order valence-corrected chi connectivity index (χ4v) is 3.00. The second kappa shape index (κ2) is 8.05. The van der Waals surface area contributed by atoms with Crippen LogP contribution < -0.4 is 5.32 Å². The Morgan fingerprint density at radius 2 is 2.05 bits per heavy atom. The summed E-state index contributed by atoms with van der Waals surface area (Å²) in [5.74, 6) is -0.233. The number of carboxylic acids is 1. The lowest BCUT2D eigenvalue weighted by molar-refractivity contribution is -0.149. The molecule has 1 amide bonds. The number of carbonyl (C=O) groups excluding carboxylic acids is 1. The highest BCUT2D eigenvalue weighted by Gasteiger charge is 2.30. The molecular weight excluding hydrogens is 290 g/mol. The normalized spacial score (nSPS) is 21.1. The van der Waals surface area contributed by atoms with Crippen LogP contribution in [0.5, 0.6) is 0 Å². The SMILES string of the molecule is O=C(CCSc1ccccc1)NCC1CCC(C(=O)O)O1. The van der Waals surface area contributed by atoms with Gasteiger partial charge in [0.2, 0.25) is 5.91 Å². The van der Waals surface area contributed by atoms with Crippen molar-refractivity contribution in [1.29, 1.82) is 0 Å². The maximum atomic E-state index is 11.7. The molecule has 2 unspecified atom stereocenters. The highest BCUT2D eigenvalue weighted by Crippen LogP contribution is 2.20. The number of ether oxygens (including phenoxy) is 1. The number of carbonyl (C=O) groups is 2. The van der Waals surface area contributed by atoms with Gasteiger partial charge in [0.05, 0.1) is 6.10 Å². The van der Waals surface area contributed by atoms with Crippen LogP contribution in [0.3, 0.4) is 0 Å². The summed E-state index contributed by atoms with van der Waals surface area (Å²) in [6, 6.07) is 9.93. The molecule has 0 spiro atoms. The third-order valence-electron chi connectivity index (χ3n) is 3.25. The molecule has 2 N–H and O–H groups in total. The standard InChI is InChI=1S/C15H19NO4S/c17-14(8-9-21-12-4-2-1-3-5-12)16-10-11-6-7-13(20-11)15(18)19/h1-5,11,13H,6-10H2,(H,16,17)(H,18,19). The molecule has 2 rings (SSSR count). The van der Waals surface area contributed by atoms with Crippen molar-refractivity contribution in [2.75, 3.05) is 12.3 Å². The summed E-state index contributed by atoms with van der Waals surface area (Å²) in [6.07, 6.45) is 0.724. The van der Waals surface area contributed by atoms with Gasteiger partial charge in [-0.1, -0.05) is 18.2 Å². The van der Waals surface area contributed by atoms with Gasteiger partial charge < -0.3 is 15.2 Å². The van der Waals surface area contributed by atoms with Crippen LogP contribution in [-0.4, -0.2) is 41.5 Å². The van der Waals surface area contributed by atoms with Gasteiger partial charge >= 0.3 is 5.97 Å². The predicted molar refractivity (Wildman–Crippen MR) is 80.3 cm³/mol. The van der Waals surface area contributed by atoms with Crippen LogP contribution in [0.4, 0.5) is 0 Å². The number of hydrogen-bond acceptors (Lipinski definition) is 4. The quantitative estimate of drug-likeness (QED) is 0.753. The van der Waals surface area contributed by atoms with E-state index in [9.17, 15) is 9.59 Å². The average Bonchev–Trinajstić information content (AvgIpc) is 2.95. The van der Waals surface area contributed by atoms with Crippen molar-refractivity contribution in [2.45, 2.75) is 36.4 Å². The smallest absolute Gasteiger partial charge is 0.332 e. The summed E-state index contributed by atoms with van der Waals surface area (Å²) in [7, 11) is 0. The molecule has 1 aliphatic rings. The predicted octanol–water partition coefficient (Wildman–Crippen LogP) is 1.92. The van der Waals surface area contributed by atoms with E-state index in [2.05, 4.69) is 5.32 Å². The monoisotopic (exact) mass is 309 g/mol. The summed E-state index contributed by atoms with van der Waals surface area (Å²) in [6.45, 7) is 0.388. The van der Waals surface area contributed by atoms with Crippen LogP contribution in [0.2, 0.25) is 0 Å². The van der Waals surface area contributed by atoms with Gasteiger partial charge in [0.25, 0.3) is 0 Å². The van der Waals surface area contributed by atoms with E-state index in [1.165, 1.54) is 0 Å². The average molecular weight is 309 g/mol. The summed E-state index contributed by atoms with van der Waals surface area (Å²) >= 11 is 1.64. The third-order valence-corrected chi connectivity index (χ3v) is 4.26. The Labute approximate surface area is 128 Å². The minimum absolute atomic E-state index is 0.0270. The Morgan fingerprint density at radius 3 is 2.71 bits per heavy atom. The Hall–Kier alpha value is -1.53. The molecule has 2 atom stereocenters. The Morgan fingerprint density at radius 1 is 1.29 bits per heavy atom. The van der Waals surface area contributed by atoms with Crippen molar-refractivity contribution in [3.63, 3.8) is 0 Å². The first-order valence-corrected chi connectivity index (χ1v) is 7.96. The maximum absolute atomic E-state index is 11.7. The van der Waals surface area contributed by atoms with Crippen LogP contribution in [0.1, 0.15) is 19.3 Å². The lowest BCUT2D eigenvalue weighted by atomic mass is 10.2. The van der Waals surface area contributed by atoms with Crippen LogP contribution in [0, 0.1) is 0 Å². The molecule has 0 saturated carbocycles. The van der Waals surface area contributed by atoms with E-state index in [0.717, 1.165) is 10.6 Å². The van der Waals surface area contributed by atoms with E-state index in [0.29, 0.717) is 25.8 Å². The van der Waals surface area contributed by atoms with E-state index in [-0.39, 0.29) is 12.0 Å². The first-order valence-electron chi connectivity index (χ1n) is 6.98. The van der Waals surface area contributed by atoms with Crippen molar-refractivity contribution in [3.05, 3.63) is 30.3 Å². The molecule has 1 aliphatic heterocycles. The van der Waals surface area contributed by atoms with E-state index in [1.807, 2.05) is 30.3 Å². The molecule has 1 aromatic carbocycles. The van der Waals surface area contributed by atoms with E-state index in [1.54, 1.807) is 11.8 Å². The molecule has 1 heterocycles. The molecule has 0 aliphatic carbocycles. The second-order valence-corrected chi connectivity index (χ2v) is 6.05. The molecule has 21 heavy (non-hydrogen) atoms. The van der Waals surface area contributed by atoms with Gasteiger partial charge in [0.15, 0.2) is 6.10 Å². The van der Waals surface area contributed by atoms with Crippen molar-refractivity contribution >= 4 is 23.6 Å². The lowest BCUT2D eigenvalue weighted by Crippen LogP contribution is -2.33. The number of nitrogens with one attached hydrogen (secondary N) is 1. The highest BCUT2D eigenvalue weighted by atomic mass is 32.2.